The number of hydrogen-bond acceptors (Lipinski definition) is 6. The highest BCUT2D eigenvalue weighted by Gasteiger charge is 2.42. The molecular weight excluding hydrogens is 459 g/mol. The zero-order valence-corrected chi connectivity index (χ0v) is 20.5. The molecule has 3 heterocycles. The molecule has 0 atom stereocenters. The number of fused-ring (bicyclic) bond motifs is 1. The third-order valence-electron chi connectivity index (χ3n) is 7.19. The quantitative estimate of drug-likeness (QED) is 0.418. The fourth-order valence-corrected chi connectivity index (χ4v) is 4.92. The molecule has 0 unspecified atom stereocenters. The van der Waals surface area contributed by atoms with Crippen LogP contribution in [0.2, 0.25) is 0 Å². The van der Waals surface area contributed by atoms with Crippen LogP contribution >= 0.6 is 0 Å². The number of nitrogens with one attached hydrogen (secondary N) is 1. The maximum Gasteiger partial charge on any atom is 0.226 e. The van der Waals surface area contributed by atoms with E-state index in [0.717, 1.165) is 36.6 Å². The van der Waals surface area contributed by atoms with Crippen LogP contribution in [0.25, 0.3) is 10.9 Å². The molecule has 0 bridgehead atoms. The van der Waals surface area contributed by atoms with Gasteiger partial charge in [-0.05, 0) is 62.4 Å². The number of pyridine rings is 1. The van der Waals surface area contributed by atoms with Crippen molar-refractivity contribution < 1.29 is 13.9 Å². The predicted molar refractivity (Wildman–Crippen MR) is 134 cm³/mol. The minimum atomic E-state index is -0.557. The van der Waals surface area contributed by atoms with Crippen LogP contribution in [0.1, 0.15) is 51.9 Å². The number of ether oxygens (including phenoxy) is 1. The van der Waals surface area contributed by atoms with Crippen LogP contribution in [0.5, 0.6) is 5.88 Å². The second-order valence-corrected chi connectivity index (χ2v) is 9.76. The van der Waals surface area contributed by atoms with E-state index in [-0.39, 0.29) is 24.1 Å². The molecular formula is C27H31FN6O2. The van der Waals surface area contributed by atoms with Gasteiger partial charge in [-0.3, -0.25) is 9.48 Å². The van der Waals surface area contributed by atoms with Crippen molar-refractivity contribution in [1.29, 1.82) is 5.26 Å². The van der Waals surface area contributed by atoms with Crippen LogP contribution in [0.4, 0.5) is 15.9 Å². The summed E-state index contributed by atoms with van der Waals surface area (Å²) >= 11 is 0. The third kappa shape index (κ3) is 4.72. The van der Waals surface area contributed by atoms with Gasteiger partial charge in [-0.15, -0.1) is 0 Å². The summed E-state index contributed by atoms with van der Waals surface area (Å²) in [5.74, 6) is 1.12. The van der Waals surface area contributed by atoms with E-state index < -0.39 is 5.54 Å². The Balaban J connectivity index is 1.54. The molecule has 2 fully saturated rings. The first-order valence-electron chi connectivity index (χ1n) is 12.7. The van der Waals surface area contributed by atoms with E-state index in [2.05, 4.69) is 23.3 Å². The van der Waals surface area contributed by atoms with Gasteiger partial charge < -0.3 is 15.0 Å². The SMILES string of the molecule is CCCCOc1nccc2c1c(Nc1ccc(F)cc1)nn2C1(CC#N)CCN(C(=O)C2CC2)CC1. The minimum absolute atomic E-state index is 0.180. The van der Waals surface area contributed by atoms with Crippen molar-refractivity contribution in [3.05, 3.63) is 42.3 Å². The largest absolute Gasteiger partial charge is 0.477 e. The zero-order chi connectivity index (χ0) is 25.1. The normalized spacial score (nSPS) is 17.1. The summed E-state index contributed by atoms with van der Waals surface area (Å²) in [6.45, 7) is 3.84. The number of carbonyl (C=O) groups excluding carboxylic acids is 1. The van der Waals surface area contributed by atoms with E-state index in [1.165, 1.54) is 12.1 Å². The highest BCUT2D eigenvalue weighted by molar-refractivity contribution is 5.96. The van der Waals surface area contributed by atoms with E-state index >= 15 is 0 Å². The lowest BCUT2D eigenvalue weighted by Crippen LogP contribution is -2.48. The Hall–Kier alpha value is -3.67. The lowest BCUT2D eigenvalue weighted by atomic mass is 9.84. The molecule has 1 N–H and O–H groups in total. The number of halogens is 1. The van der Waals surface area contributed by atoms with Gasteiger partial charge >= 0.3 is 0 Å². The third-order valence-corrected chi connectivity index (χ3v) is 7.19. The van der Waals surface area contributed by atoms with Crippen molar-refractivity contribution in [1.82, 2.24) is 19.7 Å². The Morgan fingerprint density at radius 2 is 2.00 bits per heavy atom. The molecule has 0 spiro atoms. The smallest absolute Gasteiger partial charge is 0.226 e. The number of benzene rings is 1. The van der Waals surface area contributed by atoms with Gasteiger partial charge in [0, 0.05) is 30.9 Å². The first kappa shape index (κ1) is 24.0. The number of anilines is 2. The molecule has 2 aliphatic rings. The molecule has 1 amide bonds. The lowest BCUT2D eigenvalue weighted by molar-refractivity contribution is -0.134. The molecule has 8 nitrogen and oxygen atoms in total. The highest BCUT2D eigenvalue weighted by Crippen LogP contribution is 2.41. The zero-order valence-electron chi connectivity index (χ0n) is 20.5. The molecule has 9 heteroatoms. The Morgan fingerprint density at radius 3 is 2.67 bits per heavy atom. The topological polar surface area (TPSA) is 96.1 Å². The maximum absolute atomic E-state index is 13.5. The number of rotatable bonds is 9. The molecule has 2 aromatic heterocycles. The Bertz CT molecular complexity index is 1270. The summed E-state index contributed by atoms with van der Waals surface area (Å²) in [4.78, 5) is 19.1. The fraction of sp³-hybridized carbons (Fsp3) is 0.481. The van der Waals surface area contributed by atoms with E-state index in [9.17, 15) is 14.4 Å². The number of piperidine rings is 1. The van der Waals surface area contributed by atoms with Crippen LogP contribution in [0, 0.1) is 23.1 Å². The average Bonchev–Trinajstić information content (AvgIpc) is 3.68. The summed E-state index contributed by atoms with van der Waals surface area (Å²) < 4.78 is 21.5. The number of unbranched alkanes of at least 4 members (excludes halogenated alkanes) is 1. The molecule has 0 radical (unpaired) electrons. The number of carbonyl (C=O) groups is 1. The maximum atomic E-state index is 13.5. The van der Waals surface area contributed by atoms with Crippen LogP contribution in [0.3, 0.4) is 0 Å². The van der Waals surface area contributed by atoms with E-state index in [0.29, 0.717) is 49.9 Å². The van der Waals surface area contributed by atoms with Crippen molar-refractivity contribution in [3.8, 4) is 11.9 Å². The van der Waals surface area contributed by atoms with Gasteiger partial charge in [-0.1, -0.05) is 13.3 Å². The number of likely N-dealkylation sites (tertiary alicyclic amines) is 1. The molecule has 5 rings (SSSR count). The second-order valence-electron chi connectivity index (χ2n) is 9.76. The van der Waals surface area contributed by atoms with Gasteiger partial charge in [0.25, 0.3) is 0 Å². The molecule has 3 aromatic rings. The number of hydrogen-bond donors (Lipinski definition) is 1. The van der Waals surface area contributed by atoms with Crippen molar-refractivity contribution in [2.75, 3.05) is 25.0 Å². The first-order chi connectivity index (χ1) is 17.5. The molecule has 1 saturated heterocycles. The van der Waals surface area contributed by atoms with Gasteiger partial charge in [-0.25, -0.2) is 9.37 Å². The molecule has 1 saturated carbocycles. The van der Waals surface area contributed by atoms with Gasteiger partial charge in [-0.2, -0.15) is 10.4 Å². The monoisotopic (exact) mass is 490 g/mol. The summed E-state index contributed by atoms with van der Waals surface area (Å²) in [5.41, 5.74) is 0.946. The predicted octanol–water partition coefficient (Wildman–Crippen LogP) is 5.13. The standard InChI is InChI=1S/C27H31FN6O2/c1-2-3-18-36-25-23-22(10-15-30-25)34(32-24(23)31-21-8-6-20(28)7-9-21)27(11-14-29)12-16-33(17-13-27)26(35)19-4-5-19/h6-10,15,19H,2-5,11-13,16-18H2,1H3,(H,31,32). The van der Waals surface area contributed by atoms with E-state index in [4.69, 9.17) is 9.84 Å². The van der Waals surface area contributed by atoms with Gasteiger partial charge in [0.15, 0.2) is 5.82 Å². The van der Waals surface area contributed by atoms with Gasteiger partial charge in [0.2, 0.25) is 11.8 Å². The van der Waals surface area contributed by atoms with Crippen molar-refractivity contribution in [3.63, 3.8) is 0 Å². The summed E-state index contributed by atoms with van der Waals surface area (Å²) in [5, 5.41) is 18.8. The minimum Gasteiger partial charge on any atom is -0.477 e. The fourth-order valence-electron chi connectivity index (χ4n) is 4.92. The number of nitriles is 1. The van der Waals surface area contributed by atoms with Gasteiger partial charge in [0.1, 0.15) is 11.2 Å². The van der Waals surface area contributed by atoms with Crippen molar-refractivity contribution in [2.24, 2.45) is 5.92 Å². The average molecular weight is 491 g/mol. The Kier molecular flexibility index (Phi) is 6.77. The van der Waals surface area contributed by atoms with Crippen LogP contribution < -0.4 is 10.1 Å². The molecule has 1 aromatic carbocycles. The van der Waals surface area contributed by atoms with E-state index in [1.807, 2.05) is 15.6 Å². The van der Waals surface area contributed by atoms with Crippen LogP contribution in [0.15, 0.2) is 36.5 Å². The molecule has 1 aliphatic heterocycles. The number of aromatic nitrogens is 3. The highest BCUT2D eigenvalue weighted by atomic mass is 19.1. The van der Waals surface area contributed by atoms with Crippen LogP contribution in [-0.2, 0) is 10.3 Å². The van der Waals surface area contributed by atoms with E-state index in [1.54, 1.807) is 18.3 Å². The Morgan fingerprint density at radius 1 is 1.25 bits per heavy atom. The summed E-state index contributed by atoms with van der Waals surface area (Å²) in [6, 6.07) is 10.4. The van der Waals surface area contributed by atoms with Crippen molar-refractivity contribution in [2.45, 2.75) is 57.4 Å². The lowest BCUT2D eigenvalue weighted by Gasteiger charge is -2.41. The number of amides is 1. The second kappa shape index (κ2) is 10.1. The molecule has 36 heavy (non-hydrogen) atoms. The molecule has 1 aliphatic carbocycles. The number of nitrogens with zero attached hydrogens (tertiary/aromatic N) is 5. The summed E-state index contributed by atoms with van der Waals surface area (Å²) in [6.07, 6.45) is 7.12. The Labute approximate surface area is 210 Å². The van der Waals surface area contributed by atoms with Gasteiger partial charge in [0.05, 0.1) is 30.2 Å². The first-order valence-corrected chi connectivity index (χ1v) is 12.7. The van der Waals surface area contributed by atoms with Crippen molar-refractivity contribution >= 4 is 28.3 Å². The summed E-state index contributed by atoms with van der Waals surface area (Å²) in [7, 11) is 0. The molecule has 188 valence electrons. The van der Waals surface area contributed by atoms with Crippen LogP contribution in [-0.4, -0.2) is 45.3 Å².